The highest BCUT2D eigenvalue weighted by Crippen LogP contribution is 2.27. The van der Waals surface area contributed by atoms with Gasteiger partial charge in [0.15, 0.2) is 11.5 Å². The van der Waals surface area contributed by atoms with E-state index in [0.29, 0.717) is 49.0 Å². The summed E-state index contributed by atoms with van der Waals surface area (Å²) in [7, 11) is 0. The van der Waals surface area contributed by atoms with E-state index >= 15 is 0 Å². The Morgan fingerprint density at radius 1 is 1.18 bits per heavy atom. The van der Waals surface area contributed by atoms with Gasteiger partial charge in [0.05, 0.1) is 48.7 Å². The zero-order chi connectivity index (χ0) is 28.7. The van der Waals surface area contributed by atoms with Crippen molar-refractivity contribution in [2.75, 3.05) is 48.9 Å². The molecule has 12 heteroatoms. The van der Waals surface area contributed by atoms with E-state index in [2.05, 4.69) is 30.5 Å². The number of carbonyl (C=O) groups excluding carboxylic acids is 2. The monoisotopic (exact) mass is 549 g/mol. The number of nitrogens with zero attached hydrogens (tertiary/aromatic N) is 4. The number of ether oxygens (including phenoxy) is 3. The minimum atomic E-state index is -0.585. The molecule has 3 aromatic rings. The van der Waals surface area contributed by atoms with Crippen LogP contribution in [-0.4, -0.2) is 71.5 Å². The zero-order valence-corrected chi connectivity index (χ0v) is 23.1. The molecule has 1 aliphatic heterocycles. The number of rotatable bonds is 8. The number of amides is 2. The Hall–Kier alpha value is -4.45. The molecular formula is C28H35N7O5. The van der Waals surface area contributed by atoms with E-state index in [9.17, 15) is 9.59 Å². The van der Waals surface area contributed by atoms with Gasteiger partial charge in [-0.3, -0.25) is 9.78 Å². The molecule has 0 radical (unpaired) electrons. The van der Waals surface area contributed by atoms with Crippen LogP contribution in [0.1, 0.15) is 38.2 Å². The number of aromatic nitrogens is 3. The standard InChI is InChI=1S/C28H35N7O5/c1-18(32-27(37)40-28(2,3)4)17-39-20-7-5-6-19(14-20)21-16-31-25(29)24(33-21)26(36)34-22-15-30-9-8-23(22)35-10-12-38-13-11-35/h5-9,14-16,18H,10-13,17H2,1-4H3,(H2,29,31)(H,32,37)(H,34,36). The summed E-state index contributed by atoms with van der Waals surface area (Å²) in [6, 6.07) is 8.76. The van der Waals surface area contributed by atoms with Crippen LogP contribution in [0.5, 0.6) is 5.75 Å². The number of nitrogen functional groups attached to an aromatic ring is 1. The van der Waals surface area contributed by atoms with Crippen LogP contribution in [-0.2, 0) is 9.47 Å². The Kier molecular flexibility index (Phi) is 9.00. The molecule has 4 N–H and O–H groups in total. The smallest absolute Gasteiger partial charge is 0.407 e. The molecular weight excluding hydrogens is 514 g/mol. The van der Waals surface area contributed by atoms with Crippen molar-refractivity contribution >= 4 is 29.2 Å². The van der Waals surface area contributed by atoms with E-state index in [1.165, 1.54) is 6.20 Å². The number of benzene rings is 1. The molecule has 0 bridgehead atoms. The van der Waals surface area contributed by atoms with Gasteiger partial charge in [-0.2, -0.15) is 0 Å². The molecule has 1 aromatic carbocycles. The fraction of sp³-hybridized carbons (Fsp3) is 0.393. The number of nitrogens with one attached hydrogen (secondary N) is 2. The Bertz CT molecular complexity index is 1340. The second kappa shape index (κ2) is 12.6. The van der Waals surface area contributed by atoms with Crippen molar-refractivity contribution in [3.8, 4) is 17.0 Å². The van der Waals surface area contributed by atoms with Gasteiger partial charge in [-0.15, -0.1) is 0 Å². The molecule has 1 aliphatic rings. The van der Waals surface area contributed by atoms with Crippen LogP contribution < -0.4 is 26.0 Å². The van der Waals surface area contributed by atoms with Gasteiger partial charge in [-0.25, -0.2) is 14.8 Å². The van der Waals surface area contributed by atoms with Crippen molar-refractivity contribution in [3.05, 3.63) is 54.6 Å². The average molecular weight is 550 g/mol. The first-order valence-corrected chi connectivity index (χ1v) is 13.0. The zero-order valence-electron chi connectivity index (χ0n) is 23.1. The molecule has 1 fully saturated rings. The lowest BCUT2D eigenvalue weighted by Crippen LogP contribution is -2.40. The van der Waals surface area contributed by atoms with Crippen molar-refractivity contribution in [2.45, 2.75) is 39.3 Å². The van der Waals surface area contributed by atoms with E-state index in [1.807, 2.05) is 19.1 Å². The molecule has 0 saturated carbocycles. The van der Waals surface area contributed by atoms with Crippen molar-refractivity contribution in [3.63, 3.8) is 0 Å². The topological polar surface area (TPSA) is 154 Å². The van der Waals surface area contributed by atoms with Gasteiger partial charge >= 0.3 is 6.09 Å². The first-order valence-electron chi connectivity index (χ1n) is 13.0. The average Bonchev–Trinajstić information content (AvgIpc) is 2.92. The minimum absolute atomic E-state index is 0.00390. The van der Waals surface area contributed by atoms with Crippen molar-refractivity contribution in [1.29, 1.82) is 0 Å². The van der Waals surface area contributed by atoms with Crippen molar-refractivity contribution in [2.24, 2.45) is 0 Å². The lowest BCUT2D eigenvalue weighted by Gasteiger charge is -2.30. The highest BCUT2D eigenvalue weighted by atomic mass is 16.6. The Balaban J connectivity index is 1.44. The maximum absolute atomic E-state index is 13.2. The van der Waals surface area contributed by atoms with Crippen LogP contribution in [0.25, 0.3) is 11.3 Å². The van der Waals surface area contributed by atoms with Crippen molar-refractivity contribution in [1.82, 2.24) is 20.3 Å². The predicted molar refractivity (Wildman–Crippen MR) is 151 cm³/mol. The fourth-order valence-electron chi connectivity index (χ4n) is 3.97. The minimum Gasteiger partial charge on any atom is -0.491 e. The molecule has 212 valence electrons. The first-order chi connectivity index (χ1) is 19.1. The molecule has 12 nitrogen and oxygen atoms in total. The Morgan fingerprint density at radius 2 is 1.95 bits per heavy atom. The van der Waals surface area contributed by atoms with E-state index in [1.54, 1.807) is 51.4 Å². The molecule has 0 aliphatic carbocycles. The van der Waals surface area contributed by atoms with Crippen LogP contribution in [0.4, 0.5) is 22.0 Å². The molecule has 40 heavy (non-hydrogen) atoms. The molecule has 1 atom stereocenters. The SMILES string of the molecule is CC(COc1cccc(-c2cnc(N)c(C(=O)Nc3cnccc3N3CCOCC3)n2)c1)NC(=O)OC(C)(C)C. The summed E-state index contributed by atoms with van der Waals surface area (Å²) in [5.41, 5.74) is 7.98. The van der Waals surface area contributed by atoms with E-state index in [0.717, 1.165) is 5.69 Å². The van der Waals surface area contributed by atoms with Crippen molar-refractivity contribution < 1.29 is 23.8 Å². The largest absolute Gasteiger partial charge is 0.491 e. The van der Waals surface area contributed by atoms with E-state index < -0.39 is 17.6 Å². The first kappa shape index (κ1) is 28.6. The highest BCUT2D eigenvalue weighted by Gasteiger charge is 2.21. The number of pyridine rings is 1. The molecule has 3 heterocycles. The summed E-state index contributed by atoms with van der Waals surface area (Å²) in [6.07, 6.45) is 4.26. The van der Waals surface area contributed by atoms with Crippen LogP contribution in [0.2, 0.25) is 0 Å². The van der Waals surface area contributed by atoms with Gasteiger partial charge in [0, 0.05) is 24.8 Å². The number of carbonyl (C=O) groups is 2. The van der Waals surface area contributed by atoms with Crippen LogP contribution in [0.15, 0.2) is 48.9 Å². The quantitative estimate of drug-likeness (QED) is 0.380. The highest BCUT2D eigenvalue weighted by molar-refractivity contribution is 6.07. The lowest BCUT2D eigenvalue weighted by atomic mass is 10.1. The Morgan fingerprint density at radius 3 is 2.70 bits per heavy atom. The molecule has 0 spiro atoms. The number of alkyl carbamates (subject to hydrolysis) is 1. The van der Waals surface area contributed by atoms with Crippen LogP contribution >= 0.6 is 0 Å². The normalized spacial score (nSPS) is 14.2. The maximum atomic E-state index is 13.2. The molecule has 4 rings (SSSR count). The maximum Gasteiger partial charge on any atom is 0.407 e. The summed E-state index contributed by atoms with van der Waals surface area (Å²) in [5.74, 6) is 0.0711. The van der Waals surface area contributed by atoms with Gasteiger partial charge in [0.2, 0.25) is 0 Å². The Labute approximate surface area is 233 Å². The lowest BCUT2D eigenvalue weighted by molar-refractivity contribution is 0.0493. The third-order valence-electron chi connectivity index (χ3n) is 5.81. The van der Waals surface area contributed by atoms with Crippen LogP contribution in [0, 0.1) is 0 Å². The van der Waals surface area contributed by atoms with E-state index in [-0.39, 0.29) is 24.2 Å². The third-order valence-corrected chi connectivity index (χ3v) is 5.81. The second-order valence-corrected chi connectivity index (χ2v) is 10.3. The summed E-state index contributed by atoms with van der Waals surface area (Å²) < 4.78 is 16.6. The molecule has 1 saturated heterocycles. The number of morpholine rings is 1. The van der Waals surface area contributed by atoms with Gasteiger partial charge in [0.1, 0.15) is 18.0 Å². The third kappa shape index (κ3) is 7.79. The van der Waals surface area contributed by atoms with Gasteiger partial charge in [0.25, 0.3) is 5.91 Å². The second-order valence-electron chi connectivity index (χ2n) is 10.3. The summed E-state index contributed by atoms with van der Waals surface area (Å²) in [4.78, 5) is 40.2. The molecule has 1 unspecified atom stereocenters. The number of hydrogen-bond donors (Lipinski definition) is 3. The number of nitrogens with two attached hydrogens (primary N) is 1. The molecule has 2 amide bonds. The number of anilines is 3. The van der Waals surface area contributed by atoms with Crippen LogP contribution in [0.3, 0.4) is 0 Å². The number of hydrogen-bond acceptors (Lipinski definition) is 10. The summed E-state index contributed by atoms with van der Waals surface area (Å²) in [5, 5.41) is 5.62. The fourth-order valence-corrected chi connectivity index (χ4v) is 3.97. The van der Waals surface area contributed by atoms with Gasteiger partial charge < -0.3 is 35.5 Å². The molecule has 2 aromatic heterocycles. The van der Waals surface area contributed by atoms with Gasteiger partial charge in [-0.05, 0) is 45.9 Å². The summed E-state index contributed by atoms with van der Waals surface area (Å²) >= 11 is 0. The van der Waals surface area contributed by atoms with Gasteiger partial charge in [-0.1, -0.05) is 12.1 Å². The summed E-state index contributed by atoms with van der Waals surface area (Å²) in [6.45, 7) is 10.1. The predicted octanol–water partition coefficient (Wildman–Crippen LogP) is 3.50. The van der Waals surface area contributed by atoms with E-state index in [4.69, 9.17) is 19.9 Å².